The second-order valence-electron chi connectivity index (χ2n) is 7.00. The smallest absolute Gasteiger partial charge is 0.407 e. The van der Waals surface area contributed by atoms with E-state index in [0.717, 1.165) is 22.3 Å². The predicted molar refractivity (Wildman–Crippen MR) is 111 cm³/mol. The summed E-state index contributed by atoms with van der Waals surface area (Å²) in [5, 5.41) is 13.8. The molecule has 7 heteroatoms. The first-order valence-electron chi connectivity index (χ1n) is 9.50. The van der Waals surface area contributed by atoms with E-state index in [1.165, 1.54) is 6.92 Å². The molecule has 1 aliphatic carbocycles. The third-order valence-corrected chi connectivity index (χ3v) is 5.01. The van der Waals surface area contributed by atoms with E-state index >= 15 is 0 Å². The lowest BCUT2D eigenvalue weighted by atomic mass is 9.98. The highest BCUT2D eigenvalue weighted by Crippen LogP contribution is 2.44. The molecule has 0 saturated heterocycles. The summed E-state index contributed by atoms with van der Waals surface area (Å²) in [6.45, 7) is 1.55. The molecule has 0 heterocycles. The molecule has 0 fully saturated rings. The van der Waals surface area contributed by atoms with Gasteiger partial charge in [-0.3, -0.25) is 4.79 Å². The highest BCUT2D eigenvalue weighted by Gasteiger charge is 2.29. The summed E-state index contributed by atoms with van der Waals surface area (Å²) in [4.78, 5) is 35.5. The van der Waals surface area contributed by atoms with Gasteiger partial charge in [0.25, 0.3) is 0 Å². The van der Waals surface area contributed by atoms with Crippen LogP contribution in [0.25, 0.3) is 11.1 Å². The van der Waals surface area contributed by atoms with Crippen LogP contribution >= 0.6 is 0 Å². The molecule has 0 spiro atoms. The van der Waals surface area contributed by atoms with Crippen LogP contribution in [0, 0.1) is 12.3 Å². The maximum absolute atomic E-state index is 12.2. The number of alkyl carbamates (subject to hydrolysis) is 1. The van der Waals surface area contributed by atoms with Gasteiger partial charge in [-0.15, -0.1) is 12.3 Å². The van der Waals surface area contributed by atoms with Crippen LogP contribution < -0.4 is 10.6 Å². The molecule has 0 bridgehead atoms. The zero-order chi connectivity index (χ0) is 21.7. The zero-order valence-electron chi connectivity index (χ0n) is 16.4. The number of carbonyl (C=O) groups is 3. The molecule has 7 nitrogen and oxygen atoms in total. The quantitative estimate of drug-likeness (QED) is 0.613. The summed E-state index contributed by atoms with van der Waals surface area (Å²) in [5.41, 5.74) is 4.39. The molecule has 2 aromatic rings. The molecular formula is C23H22N2O5. The van der Waals surface area contributed by atoms with Crippen molar-refractivity contribution in [3.05, 3.63) is 59.7 Å². The Labute approximate surface area is 174 Å². The van der Waals surface area contributed by atoms with E-state index in [0.29, 0.717) is 0 Å². The van der Waals surface area contributed by atoms with Crippen molar-refractivity contribution in [1.82, 2.24) is 10.6 Å². The van der Waals surface area contributed by atoms with Crippen LogP contribution in [-0.2, 0) is 14.3 Å². The molecule has 0 aliphatic heterocycles. The largest absolute Gasteiger partial charge is 0.480 e. The Morgan fingerprint density at radius 1 is 1.07 bits per heavy atom. The first-order chi connectivity index (χ1) is 14.4. The van der Waals surface area contributed by atoms with Crippen LogP contribution in [0.1, 0.15) is 30.4 Å². The number of nitrogens with one attached hydrogen (secondary N) is 2. The standard InChI is InChI=1S/C23H22N2O5/c1-3-8-20(22(27)28)25-21(26)14(2)24-23(29)30-13-19-17-11-6-4-9-15(17)16-10-5-7-12-18(16)19/h1,4-7,9-12,14,19-20H,8,13H2,2H3,(H,24,29)(H,25,26)(H,27,28)/t14-,20?/m1/s1. The lowest BCUT2D eigenvalue weighted by molar-refractivity contribution is -0.141. The second-order valence-corrected chi connectivity index (χ2v) is 7.00. The van der Waals surface area contributed by atoms with Gasteiger partial charge >= 0.3 is 12.1 Å². The predicted octanol–water partition coefficient (Wildman–Crippen LogP) is 2.51. The topological polar surface area (TPSA) is 105 Å². The van der Waals surface area contributed by atoms with Gasteiger partial charge in [0.05, 0.1) is 0 Å². The Morgan fingerprint density at radius 2 is 1.63 bits per heavy atom. The van der Waals surface area contributed by atoms with Gasteiger partial charge in [-0.2, -0.15) is 0 Å². The number of ether oxygens (including phenoxy) is 1. The Bertz CT molecular complexity index is 965. The molecule has 2 amide bonds. The van der Waals surface area contributed by atoms with Gasteiger partial charge in [-0.1, -0.05) is 48.5 Å². The van der Waals surface area contributed by atoms with Crippen molar-refractivity contribution in [3.8, 4) is 23.5 Å². The number of amides is 2. The minimum atomic E-state index is -1.24. The average Bonchev–Trinajstić information content (AvgIpc) is 3.05. The van der Waals surface area contributed by atoms with Gasteiger partial charge in [0.2, 0.25) is 5.91 Å². The van der Waals surface area contributed by atoms with Crippen molar-refractivity contribution in [2.45, 2.75) is 31.3 Å². The van der Waals surface area contributed by atoms with Crippen LogP contribution in [0.2, 0.25) is 0 Å². The van der Waals surface area contributed by atoms with Crippen molar-refractivity contribution in [2.75, 3.05) is 6.61 Å². The van der Waals surface area contributed by atoms with E-state index in [4.69, 9.17) is 16.3 Å². The monoisotopic (exact) mass is 406 g/mol. The number of carboxylic acid groups (broad SMARTS) is 1. The number of rotatable bonds is 7. The Hall–Kier alpha value is -3.79. The van der Waals surface area contributed by atoms with Crippen LogP contribution in [0.15, 0.2) is 48.5 Å². The number of carbonyl (C=O) groups excluding carboxylic acids is 2. The van der Waals surface area contributed by atoms with Gasteiger partial charge < -0.3 is 20.5 Å². The summed E-state index contributed by atoms with van der Waals surface area (Å²) >= 11 is 0. The molecule has 2 aromatic carbocycles. The van der Waals surface area contributed by atoms with E-state index in [1.807, 2.05) is 48.5 Å². The third-order valence-electron chi connectivity index (χ3n) is 5.01. The number of hydrogen-bond donors (Lipinski definition) is 3. The fourth-order valence-electron chi connectivity index (χ4n) is 3.50. The van der Waals surface area contributed by atoms with Gasteiger partial charge in [-0.25, -0.2) is 9.59 Å². The van der Waals surface area contributed by atoms with Crippen LogP contribution in [-0.4, -0.2) is 41.8 Å². The zero-order valence-corrected chi connectivity index (χ0v) is 16.4. The molecule has 2 atom stereocenters. The first kappa shape index (κ1) is 20.9. The maximum Gasteiger partial charge on any atom is 0.407 e. The fourth-order valence-corrected chi connectivity index (χ4v) is 3.50. The second kappa shape index (κ2) is 9.14. The van der Waals surface area contributed by atoms with Crippen molar-refractivity contribution in [3.63, 3.8) is 0 Å². The number of carboxylic acids is 1. The molecule has 0 radical (unpaired) electrons. The molecule has 1 unspecified atom stereocenters. The molecule has 154 valence electrons. The van der Waals surface area contributed by atoms with E-state index in [-0.39, 0.29) is 18.9 Å². The summed E-state index contributed by atoms with van der Waals surface area (Å²) < 4.78 is 5.38. The molecule has 1 aliphatic rings. The van der Waals surface area contributed by atoms with Crippen LogP contribution in [0.3, 0.4) is 0 Å². The van der Waals surface area contributed by atoms with Crippen LogP contribution in [0.4, 0.5) is 4.79 Å². The maximum atomic E-state index is 12.2. The minimum Gasteiger partial charge on any atom is -0.480 e. The number of hydrogen-bond acceptors (Lipinski definition) is 4. The molecule has 30 heavy (non-hydrogen) atoms. The van der Waals surface area contributed by atoms with Crippen LogP contribution in [0.5, 0.6) is 0 Å². The number of terminal acetylenes is 1. The summed E-state index contributed by atoms with van der Waals surface area (Å²) in [6, 6.07) is 13.7. The van der Waals surface area contributed by atoms with E-state index < -0.39 is 30.1 Å². The molecule has 0 saturated carbocycles. The summed E-state index contributed by atoms with van der Waals surface area (Å²) in [6.07, 6.45) is 4.20. The summed E-state index contributed by atoms with van der Waals surface area (Å²) in [7, 11) is 0. The lowest BCUT2D eigenvalue weighted by Crippen LogP contribution is -2.50. The highest BCUT2D eigenvalue weighted by atomic mass is 16.5. The van der Waals surface area contributed by atoms with Crippen molar-refractivity contribution in [1.29, 1.82) is 0 Å². The van der Waals surface area contributed by atoms with Crippen molar-refractivity contribution in [2.24, 2.45) is 0 Å². The number of aliphatic carboxylic acids is 1. The average molecular weight is 406 g/mol. The molecule has 0 aromatic heterocycles. The van der Waals surface area contributed by atoms with Gasteiger partial charge in [0.15, 0.2) is 0 Å². The molecule has 3 rings (SSSR count). The minimum absolute atomic E-state index is 0.0979. The Balaban J connectivity index is 1.59. The first-order valence-corrected chi connectivity index (χ1v) is 9.50. The van der Waals surface area contributed by atoms with E-state index in [2.05, 4.69) is 16.6 Å². The van der Waals surface area contributed by atoms with Gasteiger partial charge in [-0.05, 0) is 29.2 Å². The van der Waals surface area contributed by atoms with Crippen molar-refractivity contribution < 1.29 is 24.2 Å². The Morgan fingerprint density at radius 3 is 2.17 bits per heavy atom. The highest BCUT2D eigenvalue weighted by molar-refractivity contribution is 5.89. The number of fused-ring (bicyclic) bond motifs is 3. The van der Waals surface area contributed by atoms with Gasteiger partial charge in [0, 0.05) is 12.3 Å². The summed E-state index contributed by atoms with van der Waals surface area (Å²) in [5.74, 6) is 0.195. The number of benzene rings is 2. The fraction of sp³-hybridized carbons (Fsp3) is 0.261. The molecular weight excluding hydrogens is 384 g/mol. The van der Waals surface area contributed by atoms with Gasteiger partial charge in [0.1, 0.15) is 18.7 Å². The van der Waals surface area contributed by atoms with Crippen molar-refractivity contribution >= 4 is 18.0 Å². The van der Waals surface area contributed by atoms with E-state index in [9.17, 15) is 14.4 Å². The normalized spacial score (nSPS) is 13.9. The Kier molecular flexibility index (Phi) is 6.38. The molecule has 3 N–H and O–H groups in total. The van der Waals surface area contributed by atoms with E-state index in [1.54, 1.807) is 0 Å². The third kappa shape index (κ3) is 4.44. The SMILES string of the molecule is C#CCC(NC(=O)[C@@H](C)NC(=O)OCC1c2ccccc2-c2ccccc21)C(=O)O. The lowest BCUT2D eigenvalue weighted by Gasteiger charge is -2.18.